The van der Waals surface area contributed by atoms with Crippen LogP contribution in [0.2, 0.25) is 0 Å². The average molecular weight is 243 g/mol. The van der Waals surface area contributed by atoms with Crippen molar-refractivity contribution >= 4 is 5.69 Å². The fourth-order valence-electron chi connectivity index (χ4n) is 2.70. The molecule has 2 rings (SSSR count). The molecule has 0 saturated carbocycles. The molecule has 0 aliphatic carbocycles. The first kappa shape index (κ1) is 12.9. The summed E-state index contributed by atoms with van der Waals surface area (Å²) in [6, 6.07) is 8.95. The van der Waals surface area contributed by atoms with Gasteiger partial charge in [-0.15, -0.1) is 0 Å². The van der Waals surface area contributed by atoms with Crippen LogP contribution >= 0.6 is 0 Å². The Morgan fingerprint density at radius 1 is 1.44 bits per heavy atom. The first-order chi connectivity index (χ1) is 8.61. The van der Waals surface area contributed by atoms with Crippen LogP contribution in [0.4, 0.5) is 5.69 Å². The summed E-state index contributed by atoms with van der Waals surface area (Å²) in [6.45, 7) is 4.29. The summed E-state index contributed by atoms with van der Waals surface area (Å²) >= 11 is 0. The molecular formula is C15H21N3. The van der Waals surface area contributed by atoms with Crippen LogP contribution < -0.4 is 4.90 Å². The highest BCUT2D eigenvalue weighted by Crippen LogP contribution is 2.25. The summed E-state index contributed by atoms with van der Waals surface area (Å²) in [5, 5.41) is 9.26. The number of nitriles is 1. The Bertz CT molecular complexity index is 461. The Kier molecular flexibility index (Phi) is 3.88. The lowest BCUT2D eigenvalue weighted by molar-refractivity contribution is 0.248. The molecular weight excluding hydrogens is 222 g/mol. The summed E-state index contributed by atoms with van der Waals surface area (Å²) in [5.74, 6) is 0. The van der Waals surface area contributed by atoms with Gasteiger partial charge in [-0.1, -0.05) is 6.07 Å². The van der Waals surface area contributed by atoms with E-state index in [-0.39, 0.29) is 0 Å². The van der Waals surface area contributed by atoms with Crippen molar-refractivity contribution in [2.45, 2.75) is 25.8 Å². The predicted molar refractivity (Wildman–Crippen MR) is 74.8 cm³/mol. The monoisotopic (exact) mass is 243 g/mol. The van der Waals surface area contributed by atoms with Gasteiger partial charge in [0.2, 0.25) is 0 Å². The molecule has 0 radical (unpaired) electrons. The van der Waals surface area contributed by atoms with Gasteiger partial charge >= 0.3 is 0 Å². The lowest BCUT2D eigenvalue weighted by Gasteiger charge is -2.37. The van der Waals surface area contributed by atoms with E-state index in [0.717, 1.165) is 23.4 Å². The van der Waals surface area contributed by atoms with Crippen LogP contribution in [0.1, 0.15) is 24.0 Å². The molecule has 96 valence electrons. The Hall–Kier alpha value is -1.53. The van der Waals surface area contributed by atoms with Crippen LogP contribution in [0.5, 0.6) is 0 Å². The van der Waals surface area contributed by atoms with Crippen molar-refractivity contribution in [1.82, 2.24) is 4.90 Å². The third-order valence-corrected chi connectivity index (χ3v) is 3.80. The maximum atomic E-state index is 9.26. The molecule has 1 aromatic rings. The number of benzene rings is 1. The lowest BCUT2D eigenvalue weighted by Crippen LogP contribution is -2.45. The molecule has 1 aromatic carbocycles. The SMILES string of the molecule is Cc1ccc(N(C)C2CCCN(C)C2)c(C#N)c1. The fourth-order valence-corrected chi connectivity index (χ4v) is 2.70. The van der Waals surface area contributed by atoms with Gasteiger partial charge in [-0.05, 0) is 51.1 Å². The highest BCUT2D eigenvalue weighted by molar-refractivity contribution is 5.60. The first-order valence-electron chi connectivity index (χ1n) is 6.54. The molecule has 1 aliphatic heterocycles. The van der Waals surface area contributed by atoms with E-state index in [2.05, 4.69) is 42.1 Å². The molecule has 1 unspecified atom stereocenters. The molecule has 0 amide bonds. The highest BCUT2D eigenvalue weighted by Gasteiger charge is 2.22. The van der Waals surface area contributed by atoms with Crippen molar-refractivity contribution in [3.05, 3.63) is 29.3 Å². The van der Waals surface area contributed by atoms with Crippen molar-refractivity contribution in [1.29, 1.82) is 5.26 Å². The van der Waals surface area contributed by atoms with E-state index < -0.39 is 0 Å². The first-order valence-corrected chi connectivity index (χ1v) is 6.54. The van der Waals surface area contributed by atoms with Crippen LogP contribution in [-0.2, 0) is 0 Å². The summed E-state index contributed by atoms with van der Waals surface area (Å²) < 4.78 is 0. The van der Waals surface area contributed by atoms with Crippen molar-refractivity contribution in [3.8, 4) is 6.07 Å². The number of nitrogens with zero attached hydrogens (tertiary/aromatic N) is 3. The largest absolute Gasteiger partial charge is 0.369 e. The number of likely N-dealkylation sites (tertiary alicyclic amines) is 1. The molecule has 1 saturated heterocycles. The second kappa shape index (κ2) is 5.41. The maximum absolute atomic E-state index is 9.26. The third kappa shape index (κ3) is 2.65. The minimum absolute atomic E-state index is 0.513. The predicted octanol–water partition coefficient (Wildman–Crippen LogP) is 2.40. The Balaban J connectivity index is 2.23. The smallest absolute Gasteiger partial charge is 0.101 e. The zero-order chi connectivity index (χ0) is 13.1. The summed E-state index contributed by atoms with van der Waals surface area (Å²) in [7, 11) is 4.27. The van der Waals surface area contributed by atoms with Crippen molar-refractivity contribution < 1.29 is 0 Å². The van der Waals surface area contributed by atoms with Crippen molar-refractivity contribution in [2.24, 2.45) is 0 Å². The second-order valence-corrected chi connectivity index (χ2v) is 5.30. The van der Waals surface area contributed by atoms with Gasteiger partial charge in [0.15, 0.2) is 0 Å². The van der Waals surface area contributed by atoms with Crippen molar-refractivity contribution in [3.63, 3.8) is 0 Å². The van der Waals surface area contributed by atoms with E-state index >= 15 is 0 Å². The molecule has 0 N–H and O–H groups in total. The third-order valence-electron chi connectivity index (χ3n) is 3.80. The maximum Gasteiger partial charge on any atom is 0.101 e. The van der Waals surface area contributed by atoms with E-state index in [9.17, 15) is 5.26 Å². The van der Waals surface area contributed by atoms with Gasteiger partial charge in [0.25, 0.3) is 0 Å². The number of hydrogen-bond donors (Lipinski definition) is 0. The molecule has 1 heterocycles. The summed E-state index contributed by atoms with van der Waals surface area (Å²) in [5.41, 5.74) is 2.98. The quantitative estimate of drug-likeness (QED) is 0.799. The minimum atomic E-state index is 0.513. The standard InChI is InChI=1S/C15H21N3/c1-12-6-7-15(13(9-12)10-16)18(3)14-5-4-8-17(2)11-14/h6-7,9,14H,4-5,8,11H2,1-3H3. The molecule has 1 aliphatic rings. The van der Waals surface area contributed by atoms with Crippen LogP contribution in [0.25, 0.3) is 0 Å². The van der Waals surface area contributed by atoms with E-state index in [1.807, 2.05) is 13.0 Å². The lowest BCUT2D eigenvalue weighted by atomic mass is 10.0. The molecule has 0 bridgehead atoms. The summed E-state index contributed by atoms with van der Waals surface area (Å²) in [4.78, 5) is 4.64. The van der Waals surface area contributed by atoms with Gasteiger partial charge < -0.3 is 9.80 Å². The van der Waals surface area contributed by atoms with E-state index in [1.54, 1.807) is 0 Å². The summed E-state index contributed by atoms with van der Waals surface area (Å²) in [6.07, 6.45) is 2.44. The number of rotatable bonds is 2. The van der Waals surface area contributed by atoms with E-state index in [0.29, 0.717) is 6.04 Å². The molecule has 1 atom stereocenters. The molecule has 0 spiro atoms. The van der Waals surface area contributed by atoms with Gasteiger partial charge in [0, 0.05) is 19.6 Å². The van der Waals surface area contributed by atoms with E-state index in [1.165, 1.54) is 19.4 Å². The minimum Gasteiger partial charge on any atom is -0.369 e. The molecule has 18 heavy (non-hydrogen) atoms. The number of hydrogen-bond acceptors (Lipinski definition) is 3. The Morgan fingerprint density at radius 3 is 2.89 bits per heavy atom. The van der Waals surface area contributed by atoms with Crippen LogP contribution in [0.3, 0.4) is 0 Å². The molecule has 1 fully saturated rings. The van der Waals surface area contributed by atoms with Crippen molar-refractivity contribution in [2.75, 3.05) is 32.1 Å². The second-order valence-electron chi connectivity index (χ2n) is 5.30. The van der Waals surface area contributed by atoms with Gasteiger partial charge in [-0.25, -0.2) is 0 Å². The van der Waals surface area contributed by atoms with E-state index in [4.69, 9.17) is 0 Å². The molecule has 3 heteroatoms. The Labute approximate surface area is 110 Å². The van der Waals surface area contributed by atoms with Gasteiger partial charge in [0.05, 0.1) is 11.3 Å². The zero-order valence-corrected chi connectivity index (χ0v) is 11.5. The number of piperidine rings is 1. The van der Waals surface area contributed by atoms with Crippen LogP contribution in [0, 0.1) is 18.3 Å². The normalized spacial score (nSPS) is 20.4. The highest BCUT2D eigenvalue weighted by atomic mass is 15.2. The molecule has 0 aromatic heterocycles. The van der Waals surface area contributed by atoms with Crippen LogP contribution in [0.15, 0.2) is 18.2 Å². The molecule has 3 nitrogen and oxygen atoms in total. The number of aryl methyl sites for hydroxylation is 1. The average Bonchev–Trinajstić information content (AvgIpc) is 2.37. The topological polar surface area (TPSA) is 30.3 Å². The zero-order valence-electron chi connectivity index (χ0n) is 11.5. The van der Waals surface area contributed by atoms with Gasteiger partial charge in [-0.3, -0.25) is 0 Å². The van der Waals surface area contributed by atoms with Gasteiger partial charge in [-0.2, -0.15) is 5.26 Å². The van der Waals surface area contributed by atoms with Crippen LogP contribution in [-0.4, -0.2) is 38.1 Å². The van der Waals surface area contributed by atoms with Gasteiger partial charge in [0.1, 0.15) is 6.07 Å². The Morgan fingerprint density at radius 2 is 2.22 bits per heavy atom. The fraction of sp³-hybridized carbons (Fsp3) is 0.533. The number of anilines is 1. The number of likely N-dealkylation sites (N-methyl/N-ethyl adjacent to an activating group) is 2.